The number of amides is 1. The molecule has 1 aromatic carbocycles. The Balaban J connectivity index is 1.44. The summed E-state index contributed by atoms with van der Waals surface area (Å²) in [4.78, 5) is 29.0. The number of hydrogen-bond donors (Lipinski definition) is 1. The van der Waals surface area contributed by atoms with Crippen LogP contribution < -0.4 is 4.90 Å². The van der Waals surface area contributed by atoms with Gasteiger partial charge in [0, 0.05) is 17.1 Å². The molecule has 1 atom stereocenters. The van der Waals surface area contributed by atoms with Crippen LogP contribution in [0, 0.1) is 6.92 Å². The lowest BCUT2D eigenvalue weighted by Crippen LogP contribution is -2.39. The van der Waals surface area contributed by atoms with Gasteiger partial charge in [0.2, 0.25) is 0 Å². The Morgan fingerprint density at radius 3 is 2.85 bits per heavy atom. The van der Waals surface area contributed by atoms with Crippen LogP contribution in [0.1, 0.15) is 27.9 Å². The summed E-state index contributed by atoms with van der Waals surface area (Å²) in [5.41, 5.74) is 2.94. The molecule has 0 saturated heterocycles. The number of rotatable bonds is 4. The molecule has 3 heterocycles. The summed E-state index contributed by atoms with van der Waals surface area (Å²) in [5, 5.41) is 6.88. The molecule has 0 spiro atoms. The first-order valence-electron chi connectivity index (χ1n) is 8.75. The van der Waals surface area contributed by atoms with E-state index in [1.165, 1.54) is 4.88 Å². The molecule has 1 aliphatic rings. The summed E-state index contributed by atoms with van der Waals surface area (Å²) in [7, 11) is 0. The second-order valence-corrected chi connectivity index (χ2v) is 7.78. The van der Waals surface area contributed by atoms with Crippen molar-refractivity contribution in [3.8, 4) is 10.6 Å². The number of esters is 1. The van der Waals surface area contributed by atoms with Gasteiger partial charge in [0.25, 0.3) is 5.91 Å². The van der Waals surface area contributed by atoms with Crippen LogP contribution in [-0.4, -0.2) is 34.7 Å². The number of fused-ring (bicyclic) bond motifs is 1. The van der Waals surface area contributed by atoms with E-state index in [-0.39, 0.29) is 11.6 Å². The number of nitrogens with zero attached hydrogens (tertiary/aromatic N) is 2. The molecule has 27 heavy (non-hydrogen) atoms. The number of hydrogen-bond acceptors (Lipinski definition) is 5. The van der Waals surface area contributed by atoms with Crippen molar-refractivity contribution in [2.24, 2.45) is 0 Å². The van der Waals surface area contributed by atoms with Gasteiger partial charge in [-0.05, 0) is 50.1 Å². The summed E-state index contributed by atoms with van der Waals surface area (Å²) in [6.07, 6.45) is -0.0706. The number of H-pyrrole nitrogens is 1. The van der Waals surface area contributed by atoms with Crippen molar-refractivity contribution in [3.05, 3.63) is 58.6 Å². The van der Waals surface area contributed by atoms with Gasteiger partial charge in [-0.15, -0.1) is 11.3 Å². The fourth-order valence-electron chi connectivity index (χ4n) is 3.19. The maximum absolute atomic E-state index is 12.7. The van der Waals surface area contributed by atoms with E-state index in [2.05, 4.69) is 10.2 Å². The summed E-state index contributed by atoms with van der Waals surface area (Å²) >= 11 is 1.61. The van der Waals surface area contributed by atoms with Gasteiger partial charge < -0.3 is 9.64 Å². The monoisotopic (exact) mass is 381 g/mol. The molecule has 0 fully saturated rings. The predicted molar refractivity (Wildman–Crippen MR) is 104 cm³/mol. The number of carbonyl (C=O) groups excluding carboxylic acids is 2. The summed E-state index contributed by atoms with van der Waals surface area (Å²) < 4.78 is 5.37. The number of para-hydroxylation sites is 1. The van der Waals surface area contributed by atoms with E-state index >= 15 is 0 Å². The van der Waals surface area contributed by atoms with Crippen LogP contribution in [0.2, 0.25) is 0 Å². The minimum Gasteiger partial charge on any atom is -0.448 e. The van der Waals surface area contributed by atoms with Gasteiger partial charge >= 0.3 is 5.97 Å². The van der Waals surface area contributed by atoms with Crippen molar-refractivity contribution >= 4 is 28.9 Å². The number of aromatic nitrogens is 2. The van der Waals surface area contributed by atoms with Gasteiger partial charge in [-0.2, -0.15) is 5.10 Å². The number of aromatic amines is 1. The minimum absolute atomic E-state index is 0.164. The first kappa shape index (κ1) is 17.5. The number of nitrogens with one attached hydrogen (secondary N) is 1. The fraction of sp³-hybridized carbons (Fsp3) is 0.250. The van der Waals surface area contributed by atoms with E-state index in [1.54, 1.807) is 29.2 Å². The number of aryl methyl sites for hydroxylation is 1. The molecule has 6 nitrogen and oxygen atoms in total. The van der Waals surface area contributed by atoms with Gasteiger partial charge in [-0.25, -0.2) is 4.79 Å². The average molecular weight is 381 g/mol. The molecule has 2 aromatic heterocycles. The fourth-order valence-corrected chi connectivity index (χ4v) is 4.02. The minimum atomic E-state index is -0.882. The molecular weight excluding hydrogens is 362 g/mol. The maximum Gasteiger partial charge on any atom is 0.359 e. The Morgan fingerprint density at radius 2 is 2.07 bits per heavy atom. The summed E-state index contributed by atoms with van der Waals surface area (Å²) in [6, 6.07) is 13.4. The normalized spacial score (nSPS) is 14.1. The van der Waals surface area contributed by atoms with Crippen LogP contribution in [0.25, 0.3) is 10.6 Å². The Morgan fingerprint density at radius 1 is 1.26 bits per heavy atom. The van der Waals surface area contributed by atoms with Crippen molar-refractivity contribution in [1.29, 1.82) is 0 Å². The lowest BCUT2D eigenvalue weighted by atomic mass is 10.2. The molecule has 0 unspecified atom stereocenters. The van der Waals surface area contributed by atoms with Crippen molar-refractivity contribution in [1.82, 2.24) is 10.2 Å². The van der Waals surface area contributed by atoms with E-state index in [4.69, 9.17) is 4.74 Å². The van der Waals surface area contributed by atoms with E-state index in [9.17, 15) is 9.59 Å². The third-order valence-electron chi connectivity index (χ3n) is 4.58. The molecule has 0 radical (unpaired) electrons. The van der Waals surface area contributed by atoms with E-state index in [0.29, 0.717) is 6.54 Å². The number of carbonyl (C=O) groups is 2. The lowest BCUT2D eigenvalue weighted by molar-refractivity contribution is -0.126. The van der Waals surface area contributed by atoms with Crippen LogP contribution in [-0.2, 0) is 16.0 Å². The zero-order valence-corrected chi connectivity index (χ0v) is 15.9. The van der Waals surface area contributed by atoms with Crippen LogP contribution in [0.4, 0.5) is 5.69 Å². The van der Waals surface area contributed by atoms with Gasteiger partial charge in [-0.1, -0.05) is 18.2 Å². The standard InChI is InChI=1S/C20H19N3O3S/c1-12-7-8-18(27-12)15-11-16(22-21-15)20(25)26-13(2)19(24)23-10-9-14-5-3-4-6-17(14)23/h3-8,11,13H,9-10H2,1-2H3,(H,21,22)/t13-/m1/s1. The van der Waals surface area contributed by atoms with Crippen molar-refractivity contribution in [3.63, 3.8) is 0 Å². The quantitative estimate of drug-likeness (QED) is 0.701. The van der Waals surface area contributed by atoms with E-state index in [0.717, 1.165) is 28.2 Å². The highest BCUT2D eigenvalue weighted by atomic mass is 32.1. The van der Waals surface area contributed by atoms with Crippen molar-refractivity contribution < 1.29 is 14.3 Å². The number of anilines is 1. The number of benzene rings is 1. The lowest BCUT2D eigenvalue weighted by Gasteiger charge is -2.21. The Bertz CT molecular complexity index is 1010. The second kappa shape index (κ2) is 7.00. The predicted octanol–water partition coefficient (Wildman–Crippen LogP) is 3.58. The molecule has 1 N–H and O–H groups in total. The highest BCUT2D eigenvalue weighted by Crippen LogP contribution is 2.29. The zero-order chi connectivity index (χ0) is 19.0. The topological polar surface area (TPSA) is 75.3 Å². The Kier molecular flexibility index (Phi) is 4.53. The number of ether oxygens (including phenoxy) is 1. The summed E-state index contributed by atoms with van der Waals surface area (Å²) in [5.74, 6) is -0.836. The molecule has 138 valence electrons. The van der Waals surface area contributed by atoms with Crippen LogP contribution in [0.3, 0.4) is 0 Å². The molecule has 1 aliphatic heterocycles. The molecule has 4 rings (SSSR count). The molecular formula is C20H19N3O3S. The SMILES string of the molecule is Cc1ccc(-c2cc(C(=O)O[C@H](C)C(=O)N3CCc4ccccc43)n[nH]2)s1. The van der Waals surface area contributed by atoms with Crippen molar-refractivity contribution in [2.45, 2.75) is 26.4 Å². The largest absolute Gasteiger partial charge is 0.448 e. The molecule has 0 aliphatic carbocycles. The highest BCUT2D eigenvalue weighted by Gasteiger charge is 2.30. The molecule has 3 aromatic rings. The Labute approximate surface area is 160 Å². The van der Waals surface area contributed by atoms with Gasteiger partial charge in [-0.3, -0.25) is 9.89 Å². The maximum atomic E-state index is 12.7. The first-order chi connectivity index (χ1) is 13.0. The van der Waals surface area contributed by atoms with Gasteiger partial charge in [0.15, 0.2) is 11.8 Å². The number of thiophene rings is 1. The second-order valence-electron chi connectivity index (χ2n) is 6.49. The molecule has 7 heteroatoms. The van der Waals surface area contributed by atoms with Crippen LogP contribution in [0.5, 0.6) is 0 Å². The van der Waals surface area contributed by atoms with Crippen LogP contribution >= 0.6 is 11.3 Å². The average Bonchev–Trinajstić information content (AvgIpc) is 3.39. The molecule has 0 saturated carbocycles. The summed E-state index contributed by atoms with van der Waals surface area (Å²) in [6.45, 7) is 4.21. The van der Waals surface area contributed by atoms with Gasteiger partial charge in [0.1, 0.15) is 0 Å². The first-order valence-corrected chi connectivity index (χ1v) is 9.57. The third kappa shape index (κ3) is 3.38. The smallest absolute Gasteiger partial charge is 0.359 e. The molecule has 1 amide bonds. The molecule has 0 bridgehead atoms. The van der Waals surface area contributed by atoms with E-state index in [1.807, 2.05) is 43.3 Å². The van der Waals surface area contributed by atoms with Crippen molar-refractivity contribution in [2.75, 3.05) is 11.4 Å². The highest BCUT2D eigenvalue weighted by molar-refractivity contribution is 7.15. The Hall–Kier alpha value is -2.93. The zero-order valence-electron chi connectivity index (χ0n) is 15.1. The van der Waals surface area contributed by atoms with Gasteiger partial charge in [0.05, 0.1) is 10.6 Å². The van der Waals surface area contributed by atoms with E-state index < -0.39 is 12.1 Å². The third-order valence-corrected chi connectivity index (χ3v) is 5.61. The van der Waals surface area contributed by atoms with Crippen LogP contribution in [0.15, 0.2) is 42.5 Å².